The van der Waals surface area contributed by atoms with Gasteiger partial charge in [0.15, 0.2) is 17.0 Å². The molecular formula is C16H20N6O. The van der Waals surface area contributed by atoms with Crippen molar-refractivity contribution in [1.29, 1.82) is 0 Å². The van der Waals surface area contributed by atoms with Gasteiger partial charge < -0.3 is 10.4 Å². The first-order valence-electron chi connectivity index (χ1n) is 7.50. The molecule has 2 heterocycles. The molecule has 23 heavy (non-hydrogen) atoms. The molecule has 0 radical (unpaired) electrons. The fraction of sp³-hybridized carbons (Fsp3) is 0.375. The molecule has 120 valence electrons. The van der Waals surface area contributed by atoms with Crippen molar-refractivity contribution in [2.24, 2.45) is 5.41 Å². The average Bonchev–Trinajstić information content (AvgIpc) is 2.97. The van der Waals surface area contributed by atoms with Crippen molar-refractivity contribution in [2.75, 3.05) is 11.9 Å². The first-order chi connectivity index (χ1) is 11.0. The second-order valence-electron chi connectivity index (χ2n) is 6.48. The molecule has 3 aromatic rings. The van der Waals surface area contributed by atoms with Gasteiger partial charge in [-0.2, -0.15) is 4.68 Å². The van der Waals surface area contributed by atoms with Gasteiger partial charge in [-0.1, -0.05) is 44.2 Å². The van der Waals surface area contributed by atoms with E-state index in [0.29, 0.717) is 17.0 Å². The summed E-state index contributed by atoms with van der Waals surface area (Å²) in [5.74, 6) is 0.575. The number of hydrogen-bond acceptors (Lipinski definition) is 6. The van der Waals surface area contributed by atoms with Crippen LogP contribution in [0.1, 0.15) is 20.8 Å². The number of fused-ring (bicyclic) bond motifs is 1. The van der Waals surface area contributed by atoms with Crippen LogP contribution in [0, 0.1) is 5.41 Å². The molecule has 0 aliphatic rings. The molecule has 2 N–H and O–H groups in total. The first-order valence-corrected chi connectivity index (χ1v) is 7.50. The molecule has 1 atom stereocenters. The number of benzene rings is 1. The Morgan fingerprint density at radius 1 is 1.17 bits per heavy atom. The Bertz CT molecular complexity index is 793. The van der Waals surface area contributed by atoms with Crippen LogP contribution in [0.25, 0.3) is 16.9 Å². The fourth-order valence-electron chi connectivity index (χ4n) is 2.30. The Hall–Kier alpha value is -2.54. The zero-order chi connectivity index (χ0) is 16.4. The molecule has 0 saturated carbocycles. The quantitative estimate of drug-likeness (QED) is 0.766. The molecule has 0 unspecified atom stereocenters. The minimum atomic E-state index is -0.150. The minimum Gasteiger partial charge on any atom is -0.394 e. The van der Waals surface area contributed by atoms with Gasteiger partial charge in [-0.3, -0.25) is 0 Å². The summed E-state index contributed by atoms with van der Waals surface area (Å²) < 4.78 is 1.67. The number of para-hydroxylation sites is 1. The standard InChI is InChI=1S/C16H20N6O/c1-16(2,3)12(9-23)19-14-13-15(18-10-17-14)22(21-20-13)11-7-5-4-6-8-11/h4-8,10,12,23H,9H2,1-3H3,(H,17,18,19)/t12-/m0/s1. The second kappa shape index (κ2) is 5.92. The van der Waals surface area contributed by atoms with Crippen LogP contribution < -0.4 is 5.32 Å². The molecule has 3 rings (SSSR count). The van der Waals surface area contributed by atoms with Crippen molar-refractivity contribution in [1.82, 2.24) is 25.0 Å². The Kier molecular flexibility index (Phi) is 3.96. The lowest BCUT2D eigenvalue weighted by atomic mass is 9.87. The van der Waals surface area contributed by atoms with Gasteiger partial charge in [-0.25, -0.2) is 9.97 Å². The van der Waals surface area contributed by atoms with Gasteiger partial charge in [-0.05, 0) is 17.5 Å². The number of aliphatic hydroxyl groups is 1. The van der Waals surface area contributed by atoms with E-state index in [-0.39, 0.29) is 18.1 Å². The normalized spacial score (nSPS) is 13.2. The van der Waals surface area contributed by atoms with E-state index in [4.69, 9.17) is 0 Å². The largest absolute Gasteiger partial charge is 0.394 e. The van der Waals surface area contributed by atoms with E-state index in [2.05, 4.69) is 46.4 Å². The summed E-state index contributed by atoms with van der Waals surface area (Å²) in [6.45, 7) is 6.17. The van der Waals surface area contributed by atoms with Gasteiger partial charge in [0.2, 0.25) is 0 Å². The molecule has 0 amide bonds. The van der Waals surface area contributed by atoms with Crippen molar-refractivity contribution in [3.05, 3.63) is 36.7 Å². The number of nitrogens with one attached hydrogen (secondary N) is 1. The highest BCUT2D eigenvalue weighted by molar-refractivity contribution is 5.83. The van der Waals surface area contributed by atoms with Crippen LogP contribution in [0.2, 0.25) is 0 Å². The maximum Gasteiger partial charge on any atom is 0.188 e. The predicted molar refractivity (Wildman–Crippen MR) is 88.4 cm³/mol. The molecule has 1 aromatic carbocycles. The Balaban J connectivity index is 2.02. The summed E-state index contributed by atoms with van der Waals surface area (Å²) in [4.78, 5) is 8.56. The molecule has 2 aromatic heterocycles. The molecular weight excluding hydrogens is 292 g/mol. The van der Waals surface area contributed by atoms with Crippen molar-refractivity contribution in [3.8, 4) is 5.69 Å². The fourth-order valence-corrected chi connectivity index (χ4v) is 2.30. The summed E-state index contributed by atoms with van der Waals surface area (Å²) in [5.41, 5.74) is 1.97. The maximum absolute atomic E-state index is 9.63. The second-order valence-corrected chi connectivity index (χ2v) is 6.48. The third-order valence-electron chi connectivity index (χ3n) is 3.78. The zero-order valence-electron chi connectivity index (χ0n) is 13.4. The lowest BCUT2D eigenvalue weighted by molar-refractivity contribution is 0.201. The van der Waals surface area contributed by atoms with Crippen molar-refractivity contribution < 1.29 is 5.11 Å². The van der Waals surface area contributed by atoms with E-state index >= 15 is 0 Å². The van der Waals surface area contributed by atoms with E-state index in [1.165, 1.54) is 6.33 Å². The van der Waals surface area contributed by atoms with Crippen LogP contribution >= 0.6 is 0 Å². The summed E-state index contributed by atoms with van der Waals surface area (Å²) in [6.07, 6.45) is 1.48. The SMILES string of the molecule is CC(C)(C)[C@H](CO)Nc1ncnc2c1nnn2-c1ccccc1. The van der Waals surface area contributed by atoms with Crippen LogP contribution in [0.4, 0.5) is 5.82 Å². The third-order valence-corrected chi connectivity index (χ3v) is 3.78. The summed E-state index contributed by atoms with van der Waals surface area (Å²) in [7, 11) is 0. The van der Waals surface area contributed by atoms with Crippen LogP contribution in [0.15, 0.2) is 36.7 Å². The van der Waals surface area contributed by atoms with E-state index in [9.17, 15) is 5.11 Å². The van der Waals surface area contributed by atoms with Crippen LogP contribution in [-0.2, 0) is 0 Å². The number of anilines is 1. The number of aromatic nitrogens is 5. The molecule has 0 aliphatic carbocycles. The number of hydrogen-bond donors (Lipinski definition) is 2. The van der Waals surface area contributed by atoms with Gasteiger partial charge in [0.05, 0.1) is 18.3 Å². The van der Waals surface area contributed by atoms with E-state index in [1.54, 1.807) is 4.68 Å². The van der Waals surface area contributed by atoms with Gasteiger partial charge in [0.25, 0.3) is 0 Å². The number of rotatable bonds is 4. The lowest BCUT2D eigenvalue weighted by Gasteiger charge is -2.30. The molecule has 7 heteroatoms. The topological polar surface area (TPSA) is 88.8 Å². The molecule has 7 nitrogen and oxygen atoms in total. The molecule has 0 spiro atoms. The van der Waals surface area contributed by atoms with Crippen molar-refractivity contribution in [2.45, 2.75) is 26.8 Å². The summed E-state index contributed by atoms with van der Waals surface area (Å²) in [6, 6.07) is 9.54. The van der Waals surface area contributed by atoms with Crippen molar-refractivity contribution >= 4 is 17.0 Å². The average molecular weight is 312 g/mol. The molecule has 0 saturated heterocycles. The Labute approximate surface area is 134 Å². The summed E-state index contributed by atoms with van der Waals surface area (Å²) >= 11 is 0. The van der Waals surface area contributed by atoms with Gasteiger partial charge in [0.1, 0.15) is 6.33 Å². The summed E-state index contributed by atoms with van der Waals surface area (Å²) in [5, 5.41) is 21.3. The van der Waals surface area contributed by atoms with Gasteiger partial charge in [-0.15, -0.1) is 5.10 Å². The van der Waals surface area contributed by atoms with E-state index in [0.717, 1.165) is 5.69 Å². The third kappa shape index (κ3) is 3.00. The maximum atomic E-state index is 9.63. The Morgan fingerprint density at radius 3 is 2.57 bits per heavy atom. The number of aliphatic hydroxyl groups excluding tert-OH is 1. The van der Waals surface area contributed by atoms with Gasteiger partial charge in [0, 0.05) is 0 Å². The van der Waals surface area contributed by atoms with Crippen LogP contribution in [0.3, 0.4) is 0 Å². The zero-order valence-corrected chi connectivity index (χ0v) is 13.4. The highest BCUT2D eigenvalue weighted by Crippen LogP contribution is 2.25. The minimum absolute atomic E-state index is 0.00180. The Morgan fingerprint density at radius 2 is 1.91 bits per heavy atom. The van der Waals surface area contributed by atoms with Crippen molar-refractivity contribution in [3.63, 3.8) is 0 Å². The lowest BCUT2D eigenvalue weighted by Crippen LogP contribution is -2.37. The van der Waals surface area contributed by atoms with Crippen LogP contribution in [-0.4, -0.2) is 42.7 Å². The molecule has 0 fully saturated rings. The number of nitrogens with zero attached hydrogens (tertiary/aromatic N) is 5. The highest BCUT2D eigenvalue weighted by Gasteiger charge is 2.25. The van der Waals surface area contributed by atoms with Crippen LogP contribution in [0.5, 0.6) is 0 Å². The molecule has 0 bridgehead atoms. The predicted octanol–water partition coefficient (Wildman–Crippen LogP) is 2.03. The monoisotopic (exact) mass is 312 g/mol. The first kappa shape index (κ1) is 15.4. The molecule has 0 aliphatic heterocycles. The smallest absolute Gasteiger partial charge is 0.188 e. The van der Waals surface area contributed by atoms with Gasteiger partial charge >= 0.3 is 0 Å². The highest BCUT2D eigenvalue weighted by atomic mass is 16.3. The van der Waals surface area contributed by atoms with E-state index in [1.807, 2.05) is 30.3 Å². The van der Waals surface area contributed by atoms with E-state index < -0.39 is 0 Å².